The van der Waals surface area contributed by atoms with Gasteiger partial charge in [-0.3, -0.25) is 0 Å². The Balaban J connectivity index is 2.40. The van der Waals surface area contributed by atoms with Crippen molar-refractivity contribution in [3.8, 4) is 0 Å². The lowest BCUT2D eigenvalue weighted by Crippen LogP contribution is -2.27. The summed E-state index contributed by atoms with van der Waals surface area (Å²) in [5.74, 6) is 0. The van der Waals surface area contributed by atoms with Gasteiger partial charge in [-0.1, -0.05) is 0 Å². The molecule has 0 aromatic rings. The van der Waals surface area contributed by atoms with E-state index in [2.05, 4.69) is 0 Å². The van der Waals surface area contributed by atoms with E-state index in [4.69, 9.17) is 4.74 Å². The third-order valence-corrected chi connectivity index (χ3v) is 1.47. The fourth-order valence-electron chi connectivity index (χ4n) is 1.13. The summed E-state index contributed by atoms with van der Waals surface area (Å²) in [7, 11) is 0. The molecule has 11 heavy (non-hydrogen) atoms. The first kappa shape index (κ1) is 8.53. The maximum Gasteiger partial charge on any atom is 0.180 e. The van der Waals surface area contributed by atoms with Gasteiger partial charge in [-0.05, 0) is 20.8 Å². The molecule has 0 saturated heterocycles. The van der Waals surface area contributed by atoms with Crippen molar-refractivity contribution in [3.63, 3.8) is 0 Å². The highest BCUT2D eigenvalue weighted by atomic mass is 16.5. The van der Waals surface area contributed by atoms with Crippen LogP contribution in [0.3, 0.4) is 0 Å². The second-order valence-corrected chi connectivity index (χ2v) is 3.85. The first-order valence-corrected chi connectivity index (χ1v) is 3.94. The van der Waals surface area contributed by atoms with Crippen LogP contribution < -0.4 is 0 Å². The van der Waals surface area contributed by atoms with Crippen molar-refractivity contribution >= 4 is 6.21 Å². The van der Waals surface area contributed by atoms with Crippen LogP contribution >= 0.6 is 0 Å². The Bertz CT molecular complexity index is 169. The van der Waals surface area contributed by atoms with E-state index >= 15 is 0 Å². The van der Waals surface area contributed by atoms with Crippen molar-refractivity contribution in [3.05, 3.63) is 5.21 Å². The van der Waals surface area contributed by atoms with Gasteiger partial charge in [-0.25, -0.2) is 4.74 Å². The van der Waals surface area contributed by atoms with E-state index in [0.717, 1.165) is 11.2 Å². The molecule has 0 fully saturated rings. The summed E-state index contributed by atoms with van der Waals surface area (Å²) in [6.07, 6.45) is 2.44. The zero-order valence-corrected chi connectivity index (χ0v) is 7.33. The van der Waals surface area contributed by atoms with Crippen molar-refractivity contribution in [2.45, 2.75) is 38.9 Å². The molecule has 1 aliphatic heterocycles. The summed E-state index contributed by atoms with van der Waals surface area (Å²) in [6, 6.07) is 0. The van der Waals surface area contributed by atoms with Gasteiger partial charge in [0.05, 0.1) is 5.60 Å². The zero-order chi connectivity index (χ0) is 8.48. The largest absolute Gasteiger partial charge is 0.624 e. The number of nitrogens with zero attached hydrogens (tertiary/aromatic N) is 1. The number of hydrogen-bond donors (Lipinski definition) is 0. The lowest BCUT2D eigenvalue weighted by molar-refractivity contribution is -0.443. The Kier molecular flexibility index (Phi) is 2.18. The quantitative estimate of drug-likeness (QED) is 0.423. The molecular formula is C8H15NO2. The highest BCUT2D eigenvalue weighted by Crippen LogP contribution is 2.14. The van der Waals surface area contributed by atoms with Crippen molar-refractivity contribution in [1.82, 2.24) is 0 Å². The van der Waals surface area contributed by atoms with Crippen molar-refractivity contribution in [2.75, 3.05) is 6.54 Å². The molecule has 3 nitrogen and oxygen atoms in total. The highest BCUT2D eigenvalue weighted by Gasteiger charge is 2.24. The molecule has 0 N–H and O–H groups in total. The summed E-state index contributed by atoms with van der Waals surface area (Å²) in [6.45, 7) is 6.55. The molecule has 1 aliphatic rings. The minimum Gasteiger partial charge on any atom is -0.624 e. The number of rotatable bonds is 1. The molecule has 0 radical (unpaired) electrons. The highest BCUT2D eigenvalue weighted by molar-refractivity contribution is 5.59. The molecule has 64 valence electrons. The van der Waals surface area contributed by atoms with E-state index in [1.54, 1.807) is 6.21 Å². The van der Waals surface area contributed by atoms with Crippen LogP contribution in [0.4, 0.5) is 0 Å². The fraction of sp³-hybridized carbons (Fsp3) is 0.875. The van der Waals surface area contributed by atoms with Gasteiger partial charge in [0.1, 0.15) is 6.10 Å². The summed E-state index contributed by atoms with van der Waals surface area (Å²) >= 11 is 0. The topological polar surface area (TPSA) is 35.3 Å². The van der Waals surface area contributed by atoms with Gasteiger partial charge in [0, 0.05) is 6.42 Å². The van der Waals surface area contributed by atoms with Gasteiger partial charge >= 0.3 is 0 Å². The standard InChI is InChI=1S/C8H15NO2/c1-8(2,3)11-7-4-5-9(10)6-7/h6-7H,4-5H2,1-3H3/t7-/m1/s1. The molecule has 1 rings (SSSR count). The fourth-order valence-corrected chi connectivity index (χ4v) is 1.13. The molecule has 1 atom stereocenters. The van der Waals surface area contributed by atoms with Gasteiger partial charge in [0.2, 0.25) is 0 Å². The molecular weight excluding hydrogens is 142 g/mol. The Hall–Kier alpha value is -0.570. The van der Waals surface area contributed by atoms with Gasteiger partial charge in [0.25, 0.3) is 0 Å². The van der Waals surface area contributed by atoms with Crippen molar-refractivity contribution in [1.29, 1.82) is 0 Å². The lowest BCUT2D eigenvalue weighted by atomic mass is 10.2. The van der Waals surface area contributed by atoms with Crippen LogP contribution in [0.2, 0.25) is 0 Å². The molecule has 0 unspecified atom stereocenters. The second-order valence-electron chi connectivity index (χ2n) is 3.85. The first-order valence-electron chi connectivity index (χ1n) is 3.94. The van der Waals surface area contributed by atoms with Gasteiger partial charge in [-0.2, -0.15) is 0 Å². The number of hydroxylamine groups is 1. The van der Waals surface area contributed by atoms with Gasteiger partial charge < -0.3 is 9.94 Å². The molecule has 3 heteroatoms. The molecule has 0 spiro atoms. The van der Waals surface area contributed by atoms with E-state index in [9.17, 15) is 5.21 Å². The Morgan fingerprint density at radius 3 is 2.55 bits per heavy atom. The molecule has 1 heterocycles. The predicted octanol–water partition coefficient (Wildman–Crippen LogP) is 1.15. The maximum absolute atomic E-state index is 10.7. The van der Waals surface area contributed by atoms with E-state index in [1.807, 2.05) is 20.8 Å². The smallest absolute Gasteiger partial charge is 0.180 e. The van der Waals surface area contributed by atoms with E-state index in [1.165, 1.54) is 0 Å². The molecule has 0 aliphatic carbocycles. The third kappa shape index (κ3) is 2.89. The van der Waals surface area contributed by atoms with Crippen LogP contribution in [-0.4, -0.2) is 29.2 Å². The average molecular weight is 157 g/mol. The minimum atomic E-state index is -0.146. The maximum atomic E-state index is 10.7. The van der Waals surface area contributed by atoms with Crippen LogP contribution in [0.1, 0.15) is 27.2 Å². The van der Waals surface area contributed by atoms with Crippen LogP contribution in [0, 0.1) is 5.21 Å². The summed E-state index contributed by atoms with van der Waals surface area (Å²) in [5.41, 5.74) is -0.146. The average Bonchev–Trinajstić information content (AvgIpc) is 2.10. The first-order chi connectivity index (χ1) is 4.97. The van der Waals surface area contributed by atoms with E-state index in [-0.39, 0.29) is 11.7 Å². The molecule has 0 aromatic carbocycles. The van der Waals surface area contributed by atoms with Crippen LogP contribution in [0.15, 0.2) is 0 Å². The Labute approximate surface area is 67.3 Å². The number of hydrogen-bond acceptors (Lipinski definition) is 2. The van der Waals surface area contributed by atoms with Crippen molar-refractivity contribution in [2.24, 2.45) is 0 Å². The normalized spacial score (nSPS) is 25.4. The molecule has 0 bridgehead atoms. The zero-order valence-electron chi connectivity index (χ0n) is 7.33. The number of ether oxygens (including phenoxy) is 1. The van der Waals surface area contributed by atoms with Crippen LogP contribution in [0.5, 0.6) is 0 Å². The van der Waals surface area contributed by atoms with E-state index in [0.29, 0.717) is 6.54 Å². The summed E-state index contributed by atoms with van der Waals surface area (Å²) in [5, 5.41) is 10.7. The van der Waals surface area contributed by atoms with E-state index < -0.39 is 0 Å². The van der Waals surface area contributed by atoms with Crippen LogP contribution in [0.25, 0.3) is 0 Å². The van der Waals surface area contributed by atoms with Gasteiger partial charge in [0.15, 0.2) is 12.8 Å². The monoisotopic (exact) mass is 157 g/mol. The second kappa shape index (κ2) is 2.81. The third-order valence-electron chi connectivity index (χ3n) is 1.47. The van der Waals surface area contributed by atoms with Crippen molar-refractivity contribution < 1.29 is 9.48 Å². The molecule has 0 amide bonds. The minimum absolute atomic E-state index is 0.0208. The SMILES string of the molecule is CC(C)(C)O[C@H]1C=[N+]([O-])CC1. The molecule has 0 saturated carbocycles. The molecule has 0 aromatic heterocycles. The van der Waals surface area contributed by atoms with Crippen LogP contribution in [-0.2, 0) is 4.74 Å². The van der Waals surface area contributed by atoms with Gasteiger partial charge in [-0.15, -0.1) is 0 Å². The Morgan fingerprint density at radius 2 is 2.18 bits per heavy atom. The summed E-state index contributed by atoms with van der Waals surface area (Å²) in [4.78, 5) is 0. The summed E-state index contributed by atoms with van der Waals surface area (Å²) < 4.78 is 6.51. The lowest BCUT2D eigenvalue weighted by Gasteiger charge is -2.21. The Morgan fingerprint density at radius 1 is 1.55 bits per heavy atom. The predicted molar refractivity (Wildman–Crippen MR) is 43.8 cm³/mol.